The Kier molecular flexibility index (Phi) is 11.3. The van der Waals surface area contributed by atoms with Gasteiger partial charge in [0.2, 0.25) is 11.8 Å². The van der Waals surface area contributed by atoms with Crippen LogP contribution < -0.4 is 16.2 Å². The van der Waals surface area contributed by atoms with E-state index in [1.807, 2.05) is 18.3 Å². The molecule has 0 unspecified atom stereocenters. The first-order valence-corrected chi connectivity index (χ1v) is 19.5. The van der Waals surface area contributed by atoms with Gasteiger partial charge in [0.1, 0.15) is 23.2 Å². The van der Waals surface area contributed by atoms with E-state index in [4.69, 9.17) is 9.84 Å². The third kappa shape index (κ3) is 8.35. The number of carbonyl (C=O) groups is 4. The zero-order chi connectivity index (χ0) is 36.3. The minimum absolute atomic E-state index is 0.0343. The Morgan fingerprint density at radius 2 is 1.59 bits per heavy atom. The fraction of sp³-hybridized carbons (Fsp3) is 0.744. The molecule has 51 heavy (non-hydrogen) atoms. The van der Waals surface area contributed by atoms with E-state index in [-0.39, 0.29) is 36.8 Å². The summed E-state index contributed by atoms with van der Waals surface area (Å²) in [5, 5.41) is 20.6. The quantitative estimate of drug-likeness (QED) is 0.321. The molecule has 5 atom stereocenters. The highest BCUT2D eigenvalue weighted by molar-refractivity contribution is 5.96. The standard InChI is InChI=1S/C39H57N5O7/c1-38(2,3)51-37(50)41-30-20-14-6-4-5-13-19-27-22-39(27,36(48)49)42-33(45)31-21-28(24-43(31)34(30)46)44-35(47)32(26-17-11-8-12-18-26)29(23-40-44)25-15-9-7-10-16-25/h13,19,23,25-28,30-31H,4-12,14-18,20-22,24H2,1-3H3,(H,41,50)(H,42,45)(H,48,49)/b19-13-/t27-,28-,30+,31+,39-/m1/s1. The molecule has 3 saturated carbocycles. The zero-order valence-corrected chi connectivity index (χ0v) is 30.7. The highest BCUT2D eigenvalue weighted by Gasteiger charge is 2.61. The lowest BCUT2D eigenvalue weighted by Crippen LogP contribution is -2.56. The van der Waals surface area contributed by atoms with E-state index >= 15 is 0 Å². The predicted octanol–water partition coefficient (Wildman–Crippen LogP) is 5.85. The maximum atomic E-state index is 14.6. The lowest BCUT2D eigenvalue weighted by molar-refractivity contribution is -0.145. The number of rotatable bonds is 5. The molecule has 0 spiro atoms. The summed E-state index contributed by atoms with van der Waals surface area (Å²) >= 11 is 0. The summed E-state index contributed by atoms with van der Waals surface area (Å²) in [5.41, 5.74) is -0.428. The van der Waals surface area contributed by atoms with Crippen LogP contribution in [0.3, 0.4) is 0 Å². The number of amides is 3. The van der Waals surface area contributed by atoms with Gasteiger partial charge in [-0.15, -0.1) is 0 Å². The summed E-state index contributed by atoms with van der Waals surface area (Å²) in [6, 6.07) is -2.62. The van der Waals surface area contributed by atoms with E-state index < -0.39 is 53.1 Å². The van der Waals surface area contributed by atoms with Crippen LogP contribution in [0.5, 0.6) is 0 Å². The largest absolute Gasteiger partial charge is 0.479 e. The molecule has 1 saturated heterocycles. The van der Waals surface area contributed by atoms with Gasteiger partial charge in [-0.1, -0.05) is 63.5 Å². The number of aliphatic carboxylic acids is 1. The number of nitrogens with zero attached hydrogens (tertiary/aromatic N) is 3. The highest BCUT2D eigenvalue weighted by Crippen LogP contribution is 2.46. The molecule has 3 aliphatic carbocycles. The molecular formula is C39H57N5O7. The number of ether oxygens (including phenoxy) is 1. The normalized spacial score (nSPS) is 30.6. The van der Waals surface area contributed by atoms with Crippen molar-refractivity contribution in [1.29, 1.82) is 0 Å². The van der Waals surface area contributed by atoms with Gasteiger partial charge < -0.3 is 25.4 Å². The van der Waals surface area contributed by atoms with Crippen molar-refractivity contribution in [2.24, 2.45) is 5.92 Å². The summed E-state index contributed by atoms with van der Waals surface area (Å²) in [7, 11) is 0. The molecular weight excluding hydrogens is 650 g/mol. The Bertz CT molecular complexity index is 1550. The number of allylic oxidation sites excluding steroid dienone is 1. The van der Waals surface area contributed by atoms with Crippen LogP contribution in [0.2, 0.25) is 0 Å². The maximum Gasteiger partial charge on any atom is 0.408 e. The van der Waals surface area contributed by atoms with E-state index in [1.54, 1.807) is 20.8 Å². The fourth-order valence-electron chi connectivity index (χ4n) is 9.00. The molecule has 0 bridgehead atoms. The third-order valence-corrected chi connectivity index (χ3v) is 11.8. The number of nitrogens with one attached hydrogen (secondary N) is 2. The van der Waals surface area contributed by atoms with Crippen molar-refractivity contribution in [3.8, 4) is 0 Å². The van der Waals surface area contributed by atoms with Gasteiger partial charge >= 0.3 is 12.1 Å². The second kappa shape index (κ2) is 15.5. The van der Waals surface area contributed by atoms with Gasteiger partial charge in [-0.3, -0.25) is 14.4 Å². The van der Waals surface area contributed by atoms with Crippen molar-refractivity contribution in [2.75, 3.05) is 6.54 Å². The molecule has 1 aromatic rings. The molecule has 3 N–H and O–H groups in total. The molecule has 4 fully saturated rings. The molecule has 12 heteroatoms. The van der Waals surface area contributed by atoms with Crippen LogP contribution >= 0.6 is 0 Å². The molecule has 0 radical (unpaired) electrons. The SMILES string of the molecule is CC(C)(C)OC(=O)N[C@H]1CCCCC/C=C\[C@@H]2C[C@@]2(C(=O)O)NC(=O)[C@@H]2C[C@@H](n3ncc(C4CCCCC4)c(C4CCCCC4)c3=O)CN2C1=O. The number of alkyl carbamates (subject to hydrolysis) is 1. The van der Waals surface area contributed by atoms with Crippen molar-refractivity contribution >= 4 is 23.9 Å². The van der Waals surface area contributed by atoms with Crippen molar-refractivity contribution in [3.63, 3.8) is 0 Å². The van der Waals surface area contributed by atoms with E-state index in [2.05, 4.69) is 10.6 Å². The maximum absolute atomic E-state index is 14.6. The van der Waals surface area contributed by atoms with Gasteiger partial charge in [0.05, 0.1) is 12.2 Å². The Labute approximate surface area is 301 Å². The first kappa shape index (κ1) is 37.1. The highest BCUT2D eigenvalue weighted by atomic mass is 16.6. The van der Waals surface area contributed by atoms with Crippen molar-refractivity contribution in [2.45, 2.75) is 171 Å². The van der Waals surface area contributed by atoms with Crippen molar-refractivity contribution in [3.05, 3.63) is 39.8 Å². The summed E-state index contributed by atoms with van der Waals surface area (Å²) in [6.07, 6.45) is 19.6. The van der Waals surface area contributed by atoms with Crippen LogP contribution in [0.4, 0.5) is 4.79 Å². The first-order chi connectivity index (χ1) is 24.4. The number of carboxylic acids is 1. The molecule has 0 aromatic carbocycles. The van der Waals surface area contributed by atoms with Crippen molar-refractivity contribution in [1.82, 2.24) is 25.3 Å². The lowest BCUT2D eigenvalue weighted by Gasteiger charge is -2.30. The Hall–Kier alpha value is -3.70. The number of carboxylic acid groups (broad SMARTS) is 1. The summed E-state index contributed by atoms with van der Waals surface area (Å²) in [6.45, 7) is 5.28. The molecule has 3 amide bonds. The van der Waals surface area contributed by atoms with Crippen LogP contribution in [-0.4, -0.2) is 73.4 Å². The Balaban J connectivity index is 1.35. The molecule has 12 nitrogen and oxygen atoms in total. The molecule has 5 aliphatic rings. The predicted molar refractivity (Wildman–Crippen MR) is 191 cm³/mol. The van der Waals surface area contributed by atoms with E-state index in [9.17, 15) is 29.1 Å². The second-order valence-corrected chi connectivity index (χ2v) is 16.7. The summed E-state index contributed by atoms with van der Waals surface area (Å²) < 4.78 is 7.01. The van der Waals surface area contributed by atoms with Crippen LogP contribution in [0, 0.1) is 5.92 Å². The number of hydrogen-bond donors (Lipinski definition) is 3. The van der Waals surface area contributed by atoms with Gasteiger partial charge in [-0.2, -0.15) is 5.10 Å². The van der Waals surface area contributed by atoms with Crippen LogP contribution in [-0.2, 0) is 19.1 Å². The van der Waals surface area contributed by atoms with E-state index in [1.165, 1.54) is 16.0 Å². The lowest BCUT2D eigenvalue weighted by atomic mass is 9.77. The van der Waals surface area contributed by atoms with Crippen LogP contribution in [0.1, 0.15) is 159 Å². The van der Waals surface area contributed by atoms with Gasteiger partial charge in [0.25, 0.3) is 5.56 Å². The van der Waals surface area contributed by atoms with Gasteiger partial charge in [0, 0.05) is 24.4 Å². The minimum atomic E-state index is -1.44. The number of carbonyl (C=O) groups excluding carboxylic acids is 3. The Morgan fingerprint density at radius 1 is 0.941 bits per heavy atom. The second-order valence-electron chi connectivity index (χ2n) is 16.7. The molecule has 280 valence electrons. The molecule has 3 heterocycles. The molecule has 1 aromatic heterocycles. The van der Waals surface area contributed by atoms with Gasteiger partial charge in [0.15, 0.2) is 0 Å². The van der Waals surface area contributed by atoms with Gasteiger partial charge in [-0.25, -0.2) is 14.3 Å². The summed E-state index contributed by atoms with van der Waals surface area (Å²) in [5.74, 6) is -2.01. The Morgan fingerprint density at radius 3 is 2.25 bits per heavy atom. The minimum Gasteiger partial charge on any atom is -0.479 e. The average molecular weight is 708 g/mol. The van der Waals surface area contributed by atoms with Crippen LogP contribution in [0.15, 0.2) is 23.1 Å². The number of aromatic nitrogens is 2. The van der Waals surface area contributed by atoms with Gasteiger partial charge in [-0.05, 0) is 89.5 Å². The molecule has 2 aliphatic heterocycles. The zero-order valence-electron chi connectivity index (χ0n) is 30.7. The topological polar surface area (TPSA) is 160 Å². The monoisotopic (exact) mass is 707 g/mol. The summed E-state index contributed by atoms with van der Waals surface area (Å²) in [4.78, 5) is 70.2. The number of hydrogen-bond acceptors (Lipinski definition) is 7. The number of fused-ring (bicyclic) bond motifs is 2. The fourth-order valence-corrected chi connectivity index (χ4v) is 9.00. The van der Waals surface area contributed by atoms with E-state index in [0.29, 0.717) is 18.8 Å². The van der Waals surface area contributed by atoms with E-state index in [0.717, 1.165) is 88.2 Å². The third-order valence-electron chi connectivity index (χ3n) is 11.8. The smallest absolute Gasteiger partial charge is 0.408 e. The molecule has 6 rings (SSSR count). The van der Waals surface area contributed by atoms with Crippen LogP contribution in [0.25, 0.3) is 0 Å². The average Bonchev–Trinajstić information content (AvgIpc) is 3.61. The van der Waals surface area contributed by atoms with Crippen molar-refractivity contribution < 1.29 is 29.0 Å². The first-order valence-electron chi connectivity index (χ1n) is 19.5.